The third-order valence-electron chi connectivity index (χ3n) is 4.49. The number of carbonyl (C=O) groups excluding carboxylic acids is 1. The lowest BCUT2D eigenvalue weighted by Gasteiger charge is -2.15. The third kappa shape index (κ3) is 2.48. The smallest absolute Gasteiger partial charge is 0.275 e. The zero-order valence-corrected chi connectivity index (χ0v) is 12.5. The molecule has 4 rings (SSSR count). The number of aromatic nitrogens is 2. The Morgan fingerprint density at radius 1 is 1.17 bits per heavy atom. The Hall–Kier alpha value is -2.69. The molecule has 2 aromatic carbocycles. The first-order chi connectivity index (χ1) is 11.2. The molecule has 4 nitrogen and oxygen atoms in total. The van der Waals surface area contributed by atoms with E-state index in [9.17, 15) is 9.18 Å². The molecule has 1 N–H and O–H groups in total. The van der Waals surface area contributed by atoms with Gasteiger partial charge in [0.1, 0.15) is 5.82 Å². The summed E-state index contributed by atoms with van der Waals surface area (Å²) >= 11 is 0. The fourth-order valence-corrected chi connectivity index (χ4v) is 3.23. The lowest BCUT2D eigenvalue weighted by atomic mass is 9.99. The van der Waals surface area contributed by atoms with Crippen molar-refractivity contribution in [2.24, 2.45) is 0 Å². The second kappa shape index (κ2) is 5.50. The number of rotatable bonds is 2. The van der Waals surface area contributed by atoms with E-state index in [1.165, 1.54) is 12.1 Å². The van der Waals surface area contributed by atoms with Gasteiger partial charge in [-0.25, -0.2) is 4.39 Å². The molecule has 0 saturated carbocycles. The van der Waals surface area contributed by atoms with Gasteiger partial charge >= 0.3 is 0 Å². The maximum absolute atomic E-state index is 13.0. The summed E-state index contributed by atoms with van der Waals surface area (Å²) in [5.74, 6) is -0.0283. The molecular weight excluding hydrogens is 293 g/mol. The molecule has 1 aromatic heterocycles. The average molecular weight is 309 g/mol. The standard InChI is InChI=1S/C18H16FN3O/c19-14-7-5-12(6-8-14)13-9-10-22(11-13)18(23)17-15-3-1-2-4-16(15)20-21-17/h1-8,13H,9-11H2,(H,20,21). The molecule has 1 atom stereocenters. The van der Waals surface area contributed by atoms with Crippen molar-refractivity contribution in [3.05, 3.63) is 65.6 Å². The summed E-state index contributed by atoms with van der Waals surface area (Å²) in [6.45, 7) is 1.34. The Balaban J connectivity index is 1.55. The normalized spacial score (nSPS) is 17.8. The van der Waals surface area contributed by atoms with Crippen molar-refractivity contribution in [1.82, 2.24) is 15.1 Å². The number of hydrogen-bond acceptors (Lipinski definition) is 2. The predicted octanol–water partition coefficient (Wildman–Crippen LogP) is 3.33. The van der Waals surface area contributed by atoms with Crippen LogP contribution in [0.1, 0.15) is 28.4 Å². The first kappa shape index (κ1) is 13.9. The molecule has 1 aliphatic rings. The van der Waals surface area contributed by atoms with Crippen LogP contribution in [0.4, 0.5) is 4.39 Å². The summed E-state index contributed by atoms with van der Waals surface area (Å²) in [5, 5.41) is 7.94. The van der Waals surface area contributed by atoms with E-state index < -0.39 is 0 Å². The number of fused-ring (bicyclic) bond motifs is 1. The highest BCUT2D eigenvalue weighted by molar-refractivity contribution is 6.04. The van der Waals surface area contributed by atoms with Gasteiger partial charge in [0.15, 0.2) is 5.69 Å². The van der Waals surface area contributed by atoms with Gasteiger partial charge in [0.25, 0.3) is 5.91 Å². The van der Waals surface area contributed by atoms with Crippen LogP contribution in [-0.2, 0) is 0 Å². The van der Waals surface area contributed by atoms with E-state index >= 15 is 0 Å². The minimum absolute atomic E-state index is 0.0490. The molecule has 2 heterocycles. The minimum Gasteiger partial charge on any atom is -0.337 e. The van der Waals surface area contributed by atoms with Crippen molar-refractivity contribution in [3.8, 4) is 0 Å². The number of benzene rings is 2. The van der Waals surface area contributed by atoms with Crippen LogP contribution in [0, 0.1) is 5.82 Å². The zero-order chi connectivity index (χ0) is 15.8. The quantitative estimate of drug-likeness (QED) is 0.789. The van der Waals surface area contributed by atoms with Crippen molar-refractivity contribution >= 4 is 16.8 Å². The monoisotopic (exact) mass is 309 g/mol. The van der Waals surface area contributed by atoms with Crippen LogP contribution in [0.15, 0.2) is 48.5 Å². The highest BCUT2D eigenvalue weighted by Crippen LogP contribution is 2.29. The van der Waals surface area contributed by atoms with Gasteiger partial charge in [0.05, 0.1) is 5.52 Å². The number of para-hydroxylation sites is 1. The van der Waals surface area contributed by atoms with E-state index in [0.29, 0.717) is 18.8 Å². The lowest BCUT2D eigenvalue weighted by molar-refractivity contribution is 0.0787. The van der Waals surface area contributed by atoms with Crippen LogP contribution < -0.4 is 0 Å². The number of H-pyrrole nitrogens is 1. The Labute approximate surface area is 132 Å². The largest absolute Gasteiger partial charge is 0.337 e. The van der Waals surface area contributed by atoms with Crippen LogP contribution in [0.3, 0.4) is 0 Å². The summed E-state index contributed by atoms with van der Waals surface area (Å²) in [5.41, 5.74) is 2.42. The first-order valence-electron chi connectivity index (χ1n) is 7.70. The van der Waals surface area contributed by atoms with Crippen LogP contribution in [0.5, 0.6) is 0 Å². The number of nitrogens with zero attached hydrogens (tertiary/aromatic N) is 2. The molecule has 1 fully saturated rings. The van der Waals surface area contributed by atoms with E-state index in [4.69, 9.17) is 0 Å². The van der Waals surface area contributed by atoms with Crippen LogP contribution >= 0.6 is 0 Å². The van der Waals surface area contributed by atoms with E-state index in [1.54, 1.807) is 12.1 Å². The Morgan fingerprint density at radius 3 is 2.78 bits per heavy atom. The van der Waals surface area contributed by atoms with Crippen LogP contribution in [0.25, 0.3) is 10.9 Å². The molecule has 5 heteroatoms. The van der Waals surface area contributed by atoms with E-state index in [-0.39, 0.29) is 17.6 Å². The Bertz CT molecular complexity index is 856. The molecule has 1 unspecified atom stereocenters. The second-order valence-electron chi connectivity index (χ2n) is 5.91. The van der Waals surface area contributed by atoms with E-state index in [2.05, 4.69) is 10.2 Å². The maximum Gasteiger partial charge on any atom is 0.275 e. The van der Waals surface area contributed by atoms with Crippen molar-refractivity contribution in [1.29, 1.82) is 0 Å². The number of likely N-dealkylation sites (tertiary alicyclic amines) is 1. The topological polar surface area (TPSA) is 49.0 Å². The zero-order valence-electron chi connectivity index (χ0n) is 12.5. The number of hydrogen-bond donors (Lipinski definition) is 1. The molecule has 0 radical (unpaired) electrons. The number of nitrogens with one attached hydrogen (secondary N) is 1. The Morgan fingerprint density at radius 2 is 1.96 bits per heavy atom. The molecule has 0 bridgehead atoms. The van der Waals surface area contributed by atoms with Crippen molar-refractivity contribution in [2.45, 2.75) is 12.3 Å². The SMILES string of the molecule is O=C(c1n[nH]c2ccccc12)N1CCC(c2ccc(F)cc2)C1. The first-order valence-corrected chi connectivity index (χ1v) is 7.70. The fraction of sp³-hybridized carbons (Fsp3) is 0.222. The predicted molar refractivity (Wildman–Crippen MR) is 85.8 cm³/mol. The van der Waals surface area contributed by atoms with Gasteiger partial charge in [-0.3, -0.25) is 9.89 Å². The summed E-state index contributed by atoms with van der Waals surface area (Å²) < 4.78 is 13.0. The number of carbonyl (C=O) groups is 1. The van der Waals surface area contributed by atoms with Gasteiger partial charge < -0.3 is 4.90 Å². The van der Waals surface area contributed by atoms with Crippen molar-refractivity contribution < 1.29 is 9.18 Å². The maximum atomic E-state index is 13.0. The fourth-order valence-electron chi connectivity index (χ4n) is 3.23. The molecule has 1 amide bonds. The molecule has 0 aliphatic carbocycles. The summed E-state index contributed by atoms with van der Waals surface area (Å²) in [6.07, 6.45) is 0.889. The highest BCUT2D eigenvalue weighted by atomic mass is 19.1. The van der Waals surface area contributed by atoms with Crippen LogP contribution in [-0.4, -0.2) is 34.1 Å². The van der Waals surface area contributed by atoms with Crippen molar-refractivity contribution in [3.63, 3.8) is 0 Å². The summed E-state index contributed by atoms with van der Waals surface area (Å²) in [4.78, 5) is 14.6. The van der Waals surface area contributed by atoms with Gasteiger partial charge in [0.2, 0.25) is 0 Å². The summed E-state index contributed by atoms with van der Waals surface area (Å²) in [7, 11) is 0. The number of amides is 1. The highest BCUT2D eigenvalue weighted by Gasteiger charge is 2.29. The average Bonchev–Trinajstić information content (AvgIpc) is 3.22. The lowest BCUT2D eigenvalue weighted by Crippen LogP contribution is -2.28. The van der Waals surface area contributed by atoms with E-state index in [0.717, 1.165) is 22.9 Å². The molecule has 1 aliphatic heterocycles. The van der Waals surface area contributed by atoms with E-state index in [1.807, 2.05) is 29.2 Å². The Kier molecular flexibility index (Phi) is 3.33. The number of aromatic amines is 1. The van der Waals surface area contributed by atoms with Crippen molar-refractivity contribution in [2.75, 3.05) is 13.1 Å². The summed E-state index contributed by atoms with van der Waals surface area (Å²) in [6, 6.07) is 14.2. The number of halogens is 1. The third-order valence-corrected chi connectivity index (χ3v) is 4.49. The van der Waals surface area contributed by atoms with Gasteiger partial charge in [-0.2, -0.15) is 5.10 Å². The van der Waals surface area contributed by atoms with Gasteiger partial charge in [-0.05, 0) is 30.2 Å². The van der Waals surface area contributed by atoms with Gasteiger partial charge in [0, 0.05) is 24.4 Å². The molecule has 23 heavy (non-hydrogen) atoms. The molecular formula is C18H16FN3O. The molecule has 3 aromatic rings. The molecule has 0 spiro atoms. The molecule has 116 valence electrons. The minimum atomic E-state index is -0.234. The van der Waals surface area contributed by atoms with Gasteiger partial charge in [-0.1, -0.05) is 30.3 Å². The second-order valence-corrected chi connectivity index (χ2v) is 5.91. The molecule has 1 saturated heterocycles. The van der Waals surface area contributed by atoms with Crippen LogP contribution in [0.2, 0.25) is 0 Å². The van der Waals surface area contributed by atoms with Gasteiger partial charge in [-0.15, -0.1) is 0 Å².